The molecule has 0 fully saturated rings. The van der Waals surface area contributed by atoms with Crippen LogP contribution in [0.3, 0.4) is 0 Å². The number of unbranched alkanes of at least 4 members (excludes halogenated alkanes) is 4. The highest BCUT2D eigenvalue weighted by atomic mass is 31.2. The minimum absolute atomic E-state index is 0.718. The van der Waals surface area contributed by atoms with Crippen molar-refractivity contribution in [1.82, 2.24) is 0 Å². The summed E-state index contributed by atoms with van der Waals surface area (Å²) in [6.07, 6.45) is 17.6. The molecule has 2 N–H and O–H groups in total. The molecule has 0 atom stereocenters. The van der Waals surface area contributed by atoms with Gasteiger partial charge < -0.3 is 4.52 Å². The second-order valence-corrected chi connectivity index (χ2v) is 6.64. The first-order valence-electron chi connectivity index (χ1n) is 8.05. The van der Waals surface area contributed by atoms with E-state index in [0.717, 1.165) is 18.6 Å². The average Bonchev–Trinajstić information content (AvgIpc) is 2.41. The third-order valence-electron chi connectivity index (χ3n) is 3.43. The molecule has 0 amide bonds. The number of hydrogen-bond acceptors (Lipinski definition) is 2. The first-order valence-corrected chi connectivity index (χ1v) is 9.58. The van der Waals surface area contributed by atoms with Gasteiger partial charge >= 0.3 is 7.82 Å². The lowest BCUT2D eigenvalue weighted by atomic mass is 9.92. The molecule has 0 rings (SSSR count). The molecule has 124 valence electrons. The van der Waals surface area contributed by atoms with E-state index < -0.39 is 7.82 Å². The molecule has 0 aromatic heterocycles. The Labute approximate surface area is 129 Å². The van der Waals surface area contributed by atoms with Gasteiger partial charge in [-0.05, 0) is 18.4 Å². The van der Waals surface area contributed by atoms with Crippen LogP contribution < -0.4 is 0 Å². The van der Waals surface area contributed by atoms with Crippen LogP contribution >= 0.6 is 7.82 Å². The Morgan fingerprint density at radius 3 is 2.05 bits per heavy atom. The van der Waals surface area contributed by atoms with Crippen LogP contribution in [-0.4, -0.2) is 9.79 Å². The van der Waals surface area contributed by atoms with Crippen molar-refractivity contribution >= 4 is 7.82 Å². The molecule has 21 heavy (non-hydrogen) atoms. The van der Waals surface area contributed by atoms with Gasteiger partial charge in [-0.25, -0.2) is 4.57 Å². The number of phosphoric acid groups is 1. The van der Waals surface area contributed by atoms with E-state index in [4.69, 9.17) is 9.79 Å². The Balaban J connectivity index is 4.04. The highest BCUT2D eigenvalue weighted by Gasteiger charge is 2.10. The maximum absolute atomic E-state index is 10.5. The molecule has 0 aliphatic rings. The van der Waals surface area contributed by atoms with E-state index in [-0.39, 0.29) is 0 Å². The summed E-state index contributed by atoms with van der Waals surface area (Å²) >= 11 is 0. The second kappa shape index (κ2) is 13.1. The van der Waals surface area contributed by atoms with Crippen molar-refractivity contribution in [2.75, 3.05) is 0 Å². The van der Waals surface area contributed by atoms with Crippen LogP contribution in [0.4, 0.5) is 0 Å². The van der Waals surface area contributed by atoms with Crippen molar-refractivity contribution in [1.29, 1.82) is 0 Å². The molecule has 0 saturated heterocycles. The summed E-state index contributed by atoms with van der Waals surface area (Å²) in [5.74, 6) is 0.718. The Morgan fingerprint density at radius 2 is 1.57 bits per heavy atom. The molecule has 0 spiro atoms. The smallest absolute Gasteiger partial charge is 0.412 e. The van der Waals surface area contributed by atoms with E-state index in [1.54, 1.807) is 6.08 Å². The summed E-state index contributed by atoms with van der Waals surface area (Å²) < 4.78 is 14.7. The molecule has 0 radical (unpaired) electrons. The third kappa shape index (κ3) is 15.6. The molecular weight excluding hydrogens is 287 g/mol. The molecule has 0 aliphatic heterocycles. The molecule has 0 aromatic carbocycles. The fraction of sp³-hybridized carbons (Fsp3) is 0.750. The van der Waals surface area contributed by atoms with Crippen LogP contribution in [-0.2, 0) is 9.09 Å². The fourth-order valence-corrected chi connectivity index (χ4v) is 2.48. The molecule has 0 aromatic rings. The van der Waals surface area contributed by atoms with E-state index in [9.17, 15) is 4.57 Å². The van der Waals surface area contributed by atoms with Crippen molar-refractivity contribution in [3.63, 3.8) is 0 Å². The maximum Gasteiger partial charge on any atom is 0.524 e. The third-order valence-corrected chi connectivity index (χ3v) is 3.82. The highest BCUT2D eigenvalue weighted by molar-refractivity contribution is 7.46. The normalized spacial score (nSPS) is 12.8. The van der Waals surface area contributed by atoms with Gasteiger partial charge in [-0.3, -0.25) is 9.79 Å². The van der Waals surface area contributed by atoms with Crippen molar-refractivity contribution in [2.45, 2.75) is 71.6 Å². The van der Waals surface area contributed by atoms with Gasteiger partial charge in [0.05, 0.1) is 6.26 Å². The minimum atomic E-state index is -4.39. The molecule has 4 nitrogen and oxygen atoms in total. The lowest BCUT2D eigenvalue weighted by Gasteiger charge is -2.14. The van der Waals surface area contributed by atoms with Crippen LogP contribution in [0.25, 0.3) is 0 Å². The van der Waals surface area contributed by atoms with Crippen molar-refractivity contribution < 1.29 is 18.9 Å². The van der Waals surface area contributed by atoms with Crippen LogP contribution in [0.5, 0.6) is 0 Å². The van der Waals surface area contributed by atoms with E-state index in [0.29, 0.717) is 0 Å². The van der Waals surface area contributed by atoms with Crippen molar-refractivity contribution in [3.8, 4) is 0 Å². The van der Waals surface area contributed by atoms with Gasteiger partial charge in [-0.1, -0.05) is 77.4 Å². The summed E-state index contributed by atoms with van der Waals surface area (Å²) in [7, 11) is -4.39. The monoisotopic (exact) mass is 318 g/mol. The zero-order valence-electron chi connectivity index (χ0n) is 13.4. The van der Waals surface area contributed by atoms with Gasteiger partial charge in [0.2, 0.25) is 0 Å². The van der Waals surface area contributed by atoms with E-state index in [1.165, 1.54) is 57.4 Å². The summed E-state index contributed by atoms with van der Waals surface area (Å²) in [5.41, 5.74) is 0. The number of phosphoric ester groups is 1. The molecule has 0 aliphatic carbocycles. The quantitative estimate of drug-likeness (QED) is 0.208. The minimum Gasteiger partial charge on any atom is -0.412 e. The standard InChI is InChI=1S/C16H31O4P/c1-3-5-8-12-16(13-9-6-4-2)14-10-7-11-15-20-21(17,18)19/h7,10-11,15-16H,3-6,8-9,12-14H2,1-2H3,(H2,17,18,19). The SMILES string of the molecule is CCCCCC(CC=CC=COP(=O)(O)O)CCCCC. The van der Waals surface area contributed by atoms with Crippen LogP contribution in [0, 0.1) is 5.92 Å². The van der Waals surface area contributed by atoms with E-state index >= 15 is 0 Å². The topological polar surface area (TPSA) is 66.8 Å². The van der Waals surface area contributed by atoms with Crippen LogP contribution in [0.2, 0.25) is 0 Å². The number of rotatable bonds is 13. The summed E-state index contributed by atoms with van der Waals surface area (Å²) in [6.45, 7) is 4.44. The molecular formula is C16H31O4P. The Kier molecular flexibility index (Phi) is 12.8. The molecule has 0 bridgehead atoms. The van der Waals surface area contributed by atoms with Gasteiger partial charge in [-0.2, -0.15) is 0 Å². The average molecular weight is 318 g/mol. The fourth-order valence-electron chi connectivity index (χ4n) is 2.26. The summed E-state index contributed by atoms with van der Waals surface area (Å²) in [6, 6.07) is 0. The van der Waals surface area contributed by atoms with Gasteiger partial charge in [0.15, 0.2) is 0 Å². The Morgan fingerprint density at radius 1 is 1.00 bits per heavy atom. The van der Waals surface area contributed by atoms with Gasteiger partial charge in [0.1, 0.15) is 0 Å². The van der Waals surface area contributed by atoms with E-state index in [1.807, 2.05) is 0 Å². The van der Waals surface area contributed by atoms with E-state index in [2.05, 4.69) is 24.4 Å². The predicted octanol–water partition coefficient (Wildman–Crippen LogP) is 5.33. The largest absolute Gasteiger partial charge is 0.524 e. The van der Waals surface area contributed by atoms with Crippen molar-refractivity contribution in [3.05, 3.63) is 24.5 Å². The lowest BCUT2D eigenvalue weighted by Crippen LogP contribution is -1.99. The molecule has 0 unspecified atom stereocenters. The summed E-state index contributed by atoms with van der Waals surface area (Å²) in [5, 5.41) is 0. The van der Waals surface area contributed by atoms with Crippen molar-refractivity contribution in [2.24, 2.45) is 5.92 Å². The van der Waals surface area contributed by atoms with Gasteiger partial charge in [-0.15, -0.1) is 0 Å². The molecule has 0 saturated carbocycles. The van der Waals surface area contributed by atoms with Crippen LogP contribution in [0.1, 0.15) is 71.6 Å². The Hall–Kier alpha value is -0.570. The van der Waals surface area contributed by atoms with Crippen LogP contribution in [0.15, 0.2) is 24.5 Å². The zero-order chi connectivity index (χ0) is 16.0. The number of hydrogen-bond donors (Lipinski definition) is 2. The molecule has 5 heteroatoms. The van der Waals surface area contributed by atoms with Gasteiger partial charge in [0, 0.05) is 0 Å². The highest BCUT2D eigenvalue weighted by Crippen LogP contribution is 2.35. The number of allylic oxidation sites excluding steroid dienone is 3. The second-order valence-electron chi connectivity index (χ2n) is 5.45. The zero-order valence-corrected chi connectivity index (χ0v) is 14.3. The first-order chi connectivity index (χ1) is 9.99. The Bertz CT molecular complexity index is 323. The lowest BCUT2D eigenvalue weighted by molar-refractivity contribution is 0.258. The predicted molar refractivity (Wildman–Crippen MR) is 87.8 cm³/mol. The maximum atomic E-state index is 10.5. The molecule has 0 heterocycles. The first kappa shape index (κ1) is 20.4. The van der Waals surface area contributed by atoms with Gasteiger partial charge in [0.25, 0.3) is 0 Å². The summed E-state index contributed by atoms with van der Waals surface area (Å²) in [4.78, 5) is 17.0.